The van der Waals surface area contributed by atoms with Gasteiger partial charge in [-0.2, -0.15) is 0 Å². The molecular weight excluding hydrogens is 152 g/mol. The molecule has 0 amide bonds. The number of allylic oxidation sites excluding steroid dienone is 1. The Kier molecular flexibility index (Phi) is 9.92. The minimum Gasteiger partial charge on any atom is -0.0891 e. The normalized spacial score (nSPS) is 11.0. The molecule has 0 aromatic rings. The van der Waals surface area contributed by atoms with Crippen molar-refractivity contribution in [3.63, 3.8) is 0 Å². The molecule has 0 saturated carbocycles. The van der Waals surface area contributed by atoms with E-state index in [0.717, 1.165) is 0 Å². The quantitative estimate of drug-likeness (QED) is 0.496. The van der Waals surface area contributed by atoms with Crippen LogP contribution >= 0.6 is 12.6 Å². The molecule has 0 aromatic carbocycles. The Morgan fingerprint density at radius 2 is 1.64 bits per heavy atom. The molecule has 0 rings (SSSR count). The topological polar surface area (TPSA) is 0 Å². The molecule has 0 aliphatic heterocycles. The van der Waals surface area contributed by atoms with E-state index in [9.17, 15) is 0 Å². The summed E-state index contributed by atoms with van der Waals surface area (Å²) in [5, 5.41) is 1.73. The van der Waals surface area contributed by atoms with Crippen molar-refractivity contribution in [3.8, 4) is 0 Å². The summed E-state index contributed by atoms with van der Waals surface area (Å²) in [4.78, 5) is 0. The highest BCUT2D eigenvalue weighted by Gasteiger charge is 1.87. The molecule has 1 heteroatoms. The molecule has 0 bridgehead atoms. The van der Waals surface area contributed by atoms with E-state index < -0.39 is 0 Å². The van der Waals surface area contributed by atoms with Gasteiger partial charge in [-0.05, 0) is 18.2 Å². The minimum absolute atomic E-state index is 1.18. The van der Waals surface area contributed by atoms with Gasteiger partial charge in [0.2, 0.25) is 0 Å². The second-order valence-electron chi connectivity index (χ2n) is 2.93. The van der Waals surface area contributed by atoms with Gasteiger partial charge >= 0.3 is 0 Å². The molecule has 0 aromatic heterocycles. The fraction of sp³-hybridized carbons (Fsp3) is 0.800. The van der Waals surface area contributed by atoms with Gasteiger partial charge in [0, 0.05) is 0 Å². The first-order chi connectivity index (χ1) is 5.41. The molecule has 11 heavy (non-hydrogen) atoms. The van der Waals surface area contributed by atoms with Gasteiger partial charge in [-0.3, -0.25) is 0 Å². The van der Waals surface area contributed by atoms with Crippen LogP contribution in [0.1, 0.15) is 51.9 Å². The Morgan fingerprint density at radius 3 is 2.27 bits per heavy atom. The van der Waals surface area contributed by atoms with Crippen molar-refractivity contribution in [2.45, 2.75) is 51.9 Å². The van der Waals surface area contributed by atoms with Crippen LogP contribution in [0.15, 0.2) is 11.5 Å². The van der Waals surface area contributed by atoms with Crippen LogP contribution in [0.25, 0.3) is 0 Å². The summed E-state index contributed by atoms with van der Waals surface area (Å²) < 4.78 is 0. The predicted molar refractivity (Wildman–Crippen MR) is 54.7 cm³/mol. The number of hydrogen-bond donors (Lipinski definition) is 0. The molecule has 65 valence electrons. The van der Waals surface area contributed by atoms with E-state index in [-0.39, 0.29) is 0 Å². The van der Waals surface area contributed by atoms with Crippen LogP contribution in [0.4, 0.5) is 0 Å². The monoisotopic (exact) mass is 171 g/mol. The van der Waals surface area contributed by atoms with Crippen molar-refractivity contribution in [1.29, 1.82) is 0 Å². The van der Waals surface area contributed by atoms with Crippen LogP contribution < -0.4 is 0 Å². The predicted octanol–water partition coefficient (Wildman–Crippen LogP) is 4.45. The van der Waals surface area contributed by atoms with Gasteiger partial charge in [-0.15, -0.1) is 0 Å². The van der Waals surface area contributed by atoms with E-state index >= 15 is 0 Å². The van der Waals surface area contributed by atoms with Gasteiger partial charge in [-0.25, -0.2) is 0 Å². The van der Waals surface area contributed by atoms with Crippen molar-refractivity contribution in [1.82, 2.24) is 0 Å². The third-order valence-corrected chi connectivity index (χ3v) is 2.01. The summed E-state index contributed by atoms with van der Waals surface area (Å²) in [7, 11) is 0. The molecule has 0 unspecified atom stereocenters. The van der Waals surface area contributed by atoms with Gasteiger partial charge in [0.05, 0.1) is 0 Å². The first-order valence-electron chi connectivity index (χ1n) is 4.68. The summed E-state index contributed by atoms with van der Waals surface area (Å²) in [6.45, 7) is 2.25. The molecule has 1 radical (unpaired) electrons. The second kappa shape index (κ2) is 9.96. The summed E-state index contributed by atoms with van der Waals surface area (Å²) >= 11 is 4.69. The molecule has 0 atom stereocenters. The molecule has 0 aliphatic rings. The SMILES string of the molecule is CCCCCCCC/C=C/[S]. The Labute approximate surface area is 76.5 Å². The molecule has 0 fully saturated rings. The third-order valence-electron chi connectivity index (χ3n) is 1.82. The first kappa shape index (κ1) is 11.0. The molecule has 0 saturated heterocycles. The molecule has 0 heterocycles. The van der Waals surface area contributed by atoms with Crippen molar-refractivity contribution in [3.05, 3.63) is 11.5 Å². The number of unbranched alkanes of at least 4 members (excludes halogenated alkanes) is 6. The largest absolute Gasteiger partial charge is 0.0891 e. The van der Waals surface area contributed by atoms with Crippen LogP contribution in [0.2, 0.25) is 0 Å². The van der Waals surface area contributed by atoms with Crippen LogP contribution in [0.5, 0.6) is 0 Å². The standard InChI is InChI=1S/C10H19S/c1-2-3-4-5-6-7-8-9-10-11/h9-10H,2-8H2,1H3/b10-9+. The fourth-order valence-corrected chi connectivity index (χ4v) is 1.25. The van der Waals surface area contributed by atoms with E-state index in [2.05, 4.69) is 13.0 Å². The van der Waals surface area contributed by atoms with E-state index in [0.29, 0.717) is 0 Å². The average molecular weight is 171 g/mol. The van der Waals surface area contributed by atoms with Crippen LogP contribution in [0, 0.1) is 0 Å². The molecule has 0 aliphatic carbocycles. The van der Waals surface area contributed by atoms with Crippen molar-refractivity contribution >= 4 is 12.6 Å². The van der Waals surface area contributed by atoms with Gasteiger partial charge in [-0.1, -0.05) is 57.7 Å². The van der Waals surface area contributed by atoms with Crippen molar-refractivity contribution < 1.29 is 0 Å². The van der Waals surface area contributed by atoms with Crippen molar-refractivity contribution in [2.24, 2.45) is 0 Å². The molecule has 0 spiro atoms. The lowest BCUT2D eigenvalue weighted by atomic mass is 10.1. The minimum atomic E-state index is 1.18. The highest BCUT2D eigenvalue weighted by molar-refractivity contribution is 7.83. The highest BCUT2D eigenvalue weighted by atomic mass is 32.1. The summed E-state index contributed by atoms with van der Waals surface area (Å²) in [5.74, 6) is 0. The van der Waals surface area contributed by atoms with Crippen LogP contribution in [0.3, 0.4) is 0 Å². The van der Waals surface area contributed by atoms with Crippen LogP contribution in [-0.4, -0.2) is 0 Å². The Bertz CT molecular complexity index is 86.9. The average Bonchev–Trinajstić information content (AvgIpc) is 2.03. The van der Waals surface area contributed by atoms with Crippen LogP contribution in [-0.2, 0) is 0 Å². The van der Waals surface area contributed by atoms with E-state index in [1.165, 1.54) is 44.9 Å². The second-order valence-corrected chi connectivity index (χ2v) is 3.20. The maximum absolute atomic E-state index is 4.69. The first-order valence-corrected chi connectivity index (χ1v) is 5.16. The van der Waals surface area contributed by atoms with Gasteiger partial charge in [0.25, 0.3) is 0 Å². The fourth-order valence-electron chi connectivity index (χ4n) is 1.11. The van der Waals surface area contributed by atoms with Gasteiger partial charge in [0.1, 0.15) is 0 Å². The molecular formula is C10H19S. The lowest BCUT2D eigenvalue weighted by molar-refractivity contribution is 0.611. The Morgan fingerprint density at radius 1 is 1.00 bits per heavy atom. The van der Waals surface area contributed by atoms with Gasteiger partial charge < -0.3 is 0 Å². The van der Waals surface area contributed by atoms with E-state index in [4.69, 9.17) is 12.6 Å². The third kappa shape index (κ3) is 9.96. The van der Waals surface area contributed by atoms with Crippen molar-refractivity contribution in [2.75, 3.05) is 0 Å². The maximum atomic E-state index is 4.69. The number of rotatable bonds is 7. The highest BCUT2D eigenvalue weighted by Crippen LogP contribution is 2.06. The summed E-state index contributed by atoms with van der Waals surface area (Å²) in [6.07, 6.45) is 11.5. The zero-order chi connectivity index (χ0) is 8.36. The Balaban J connectivity index is 2.79. The Hall–Kier alpha value is -0.0400. The zero-order valence-electron chi connectivity index (χ0n) is 7.51. The smallest absolute Gasteiger partial charge is 0.00265 e. The maximum Gasteiger partial charge on any atom is -0.00265 e. The number of hydrogen-bond acceptors (Lipinski definition) is 0. The molecule has 0 N–H and O–H groups in total. The van der Waals surface area contributed by atoms with E-state index in [1.807, 2.05) is 0 Å². The lowest BCUT2D eigenvalue weighted by Gasteiger charge is -1.96. The van der Waals surface area contributed by atoms with E-state index in [1.54, 1.807) is 5.41 Å². The summed E-state index contributed by atoms with van der Waals surface area (Å²) in [5.41, 5.74) is 0. The van der Waals surface area contributed by atoms with Gasteiger partial charge in [0.15, 0.2) is 0 Å². The summed E-state index contributed by atoms with van der Waals surface area (Å²) in [6, 6.07) is 0. The zero-order valence-corrected chi connectivity index (χ0v) is 8.33. The lowest BCUT2D eigenvalue weighted by Crippen LogP contribution is -1.77. The molecule has 0 nitrogen and oxygen atoms in total.